The third-order valence-corrected chi connectivity index (χ3v) is 5.97. The molecule has 2 N–H and O–H groups in total. The molecule has 19 heavy (non-hydrogen) atoms. The summed E-state index contributed by atoms with van der Waals surface area (Å²) in [5, 5.41) is 13.3. The van der Waals surface area contributed by atoms with Gasteiger partial charge in [-0.05, 0) is 42.9 Å². The highest BCUT2D eigenvalue weighted by atomic mass is 32.2. The number of benzene rings is 1. The second-order valence-electron chi connectivity index (χ2n) is 5.56. The van der Waals surface area contributed by atoms with Crippen LogP contribution in [-0.2, 0) is 16.3 Å². The smallest absolute Gasteiger partial charge is 0.151 e. The first-order valence-corrected chi connectivity index (χ1v) is 8.64. The van der Waals surface area contributed by atoms with Crippen LogP contribution in [0.5, 0.6) is 5.75 Å². The van der Waals surface area contributed by atoms with Crippen molar-refractivity contribution < 1.29 is 13.5 Å². The Labute approximate surface area is 113 Å². The molecule has 2 atom stereocenters. The third-order valence-electron chi connectivity index (χ3n) is 4.15. The Morgan fingerprint density at radius 2 is 2.11 bits per heavy atom. The molecule has 2 unspecified atom stereocenters. The maximum atomic E-state index is 11.7. The standard InChI is InChI=1S/C14H19NO3S/c16-14-5-1-4-11-12(14)6-7-13(11)15-10-3-2-8-19(17,18)9-10/h1,4-5,10,13,15-16H,2-3,6-9H2. The van der Waals surface area contributed by atoms with Crippen LogP contribution in [0.4, 0.5) is 0 Å². The lowest BCUT2D eigenvalue weighted by Gasteiger charge is -2.26. The molecule has 0 aromatic heterocycles. The van der Waals surface area contributed by atoms with Crippen LogP contribution in [-0.4, -0.2) is 31.1 Å². The highest BCUT2D eigenvalue weighted by molar-refractivity contribution is 7.91. The first-order valence-electron chi connectivity index (χ1n) is 6.82. The molecule has 1 saturated heterocycles. The topological polar surface area (TPSA) is 66.4 Å². The summed E-state index contributed by atoms with van der Waals surface area (Å²) in [5.41, 5.74) is 2.14. The Bertz CT molecular complexity index is 582. The average Bonchev–Trinajstić information content (AvgIpc) is 2.73. The number of sulfone groups is 1. The van der Waals surface area contributed by atoms with Crippen molar-refractivity contribution in [3.8, 4) is 5.75 Å². The molecular weight excluding hydrogens is 262 g/mol. The molecule has 1 heterocycles. The second-order valence-corrected chi connectivity index (χ2v) is 7.79. The van der Waals surface area contributed by atoms with Gasteiger partial charge in [-0.25, -0.2) is 8.42 Å². The molecule has 0 amide bonds. The van der Waals surface area contributed by atoms with Crippen molar-refractivity contribution in [3.63, 3.8) is 0 Å². The number of aromatic hydroxyl groups is 1. The van der Waals surface area contributed by atoms with Crippen molar-refractivity contribution >= 4 is 9.84 Å². The van der Waals surface area contributed by atoms with Gasteiger partial charge in [-0.2, -0.15) is 0 Å². The van der Waals surface area contributed by atoms with Crippen LogP contribution in [0.3, 0.4) is 0 Å². The number of hydrogen-bond acceptors (Lipinski definition) is 4. The molecule has 1 aromatic rings. The zero-order valence-corrected chi connectivity index (χ0v) is 11.6. The van der Waals surface area contributed by atoms with E-state index in [0.29, 0.717) is 11.5 Å². The summed E-state index contributed by atoms with van der Waals surface area (Å²) >= 11 is 0. The van der Waals surface area contributed by atoms with Crippen molar-refractivity contribution in [2.24, 2.45) is 0 Å². The predicted molar refractivity (Wildman–Crippen MR) is 74.0 cm³/mol. The molecule has 1 fully saturated rings. The van der Waals surface area contributed by atoms with Gasteiger partial charge in [-0.1, -0.05) is 12.1 Å². The van der Waals surface area contributed by atoms with E-state index in [9.17, 15) is 13.5 Å². The van der Waals surface area contributed by atoms with Gasteiger partial charge in [0.15, 0.2) is 9.84 Å². The number of fused-ring (bicyclic) bond motifs is 1. The van der Waals surface area contributed by atoms with Crippen molar-refractivity contribution in [1.82, 2.24) is 5.32 Å². The normalized spacial score (nSPS) is 29.1. The van der Waals surface area contributed by atoms with E-state index < -0.39 is 9.84 Å². The van der Waals surface area contributed by atoms with Gasteiger partial charge < -0.3 is 10.4 Å². The number of phenols is 1. The first kappa shape index (κ1) is 12.9. The molecule has 5 heteroatoms. The Hall–Kier alpha value is -1.07. The summed E-state index contributed by atoms with van der Waals surface area (Å²) in [7, 11) is -2.87. The molecule has 0 bridgehead atoms. The van der Waals surface area contributed by atoms with E-state index >= 15 is 0 Å². The Morgan fingerprint density at radius 3 is 2.89 bits per heavy atom. The van der Waals surface area contributed by atoms with Gasteiger partial charge in [0.05, 0.1) is 11.5 Å². The summed E-state index contributed by atoms with van der Waals surface area (Å²) in [5.74, 6) is 0.934. The van der Waals surface area contributed by atoms with E-state index in [0.717, 1.165) is 36.8 Å². The van der Waals surface area contributed by atoms with Gasteiger partial charge in [0.1, 0.15) is 5.75 Å². The fraction of sp³-hybridized carbons (Fsp3) is 0.571. The number of rotatable bonds is 2. The Morgan fingerprint density at radius 1 is 1.26 bits per heavy atom. The molecule has 0 spiro atoms. The number of phenolic OH excluding ortho intramolecular Hbond substituents is 1. The minimum absolute atomic E-state index is 0.0528. The van der Waals surface area contributed by atoms with Gasteiger partial charge in [0.25, 0.3) is 0 Å². The summed E-state index contributed by atoms with van der Waals surface area (Å²) in [6, 6.07) is 5.83. The molecule has 4 nitrogen and oxygen atoms in total. The van der Waals surface area contributed by atoms with E-state index in [2.05, 4.69) is 5.32 Å². The maximum Gasteiger partial charge on any atom is 0.151 e. The highest BCUT2D eigenvalue weighted by Gasteiger charge is 2.30. The Balaban J connectivity index is 1.75. The van der Waals surface area contributed by atoms with Gasteiger partial charge >= 0.3 is 0 Å². The minimum atomic E-state index is -2.87. The fourth-order valence-corrected chi connectivity index (χ4v) is 4.90. The summed E-state index contributed by atoms with van der Waals surface area (Å²) in [4.78, 5) is 0. The molecule has 104 valence electrons. The first-order chi connectivity index (χ1) is 9.05. The SMILES string of the molecule is O=S1(=O)CCCC(NC2CCc3c(O)cccc32)C1. The van der Waals surface area contributed by atoms with E-state index in [1.165, 1.54) is 0 Å². The lowest BCUT2D eigenvalue weighted by atomic mass is 10.1. The molecule has 0 saturated carbocycles. The van der Waals surface area contributed by atoms with E-state index in [-0.39, 0.29) is 17.8 Å². The molecule has 3 rings (SSSR count). The lowest BCUT2D eigenvalue weighted by molar-refractivity contribution is 0.419. The molecule has 2 aliphatic rings. The zero-order chi connectivity index (χ0) is 13.5. The predicted octanol–water partition coefficient (Wildman–Crippen LogP) is 1.55. The summed E-state index contributed by atoms with van der Waals surface area (Å²) in [6.45, 7) is 0. The van der Waals surface area contributed by atoms with Gasteiger partial charge in [-0.3, -0.25) is 0 Å². The van der Waals surface area contributed by atoms with E-state index in [4.69, 9.17) is 0 Å². The van der Waals surface area contributed by atoms with Gasteiger partial charge in [-0.15, -0.1) is 0 Å². The lowest BCUT2D eigenvalue weighted by Crippen LogP contribution is -2.41. The Kier molecular flexibility index (Phi) is 3.27. The molecule has 1 aliphatic carbocycles. The summed E-state index contributed by atoms with van der Waals surface area (Å²) < 4.78 is 23.3. The van der Waals surface area contributed by atoms with Crippen molar-refractivity contribution in [2.45, 2.75) is 37.8 Å². The average molecular weight is 281 g/mol. The highest BCUT2D eigenvalue weighted by Crippen LogP contribution is 2.36. The monoisotopic (exact) mass is 281 g/mol. The summed E-state index contributed by atoms with van der Waals surface area (Å²) in [6.07, 6.45) is 3.46. The minimum Gasteiger partial charge on any atom is -0.508 e. The quantitative estimate of drug-likeness (QED) is 0.863. The fourth-order valence-electron chi connectivity index (χ4n) is 3.25. The van der Waals surface area contributed by atoms with E-state index in [1.54, 1.807) is 6.07 Å². The van der Waals surface area contributed by atoms with Crippen LogP contribution in [0.2, 0.25) is 0 Å². The molecular formula is C14H19NO3S. The van der Waals surface area contributed by atoms with Crippen LogP contribution in [0.25, 0.3) is 0 Å². The van der Waals surface area contributed by atoms with Gasteiger partial charge in [0.2, 0.25) is 0 Å². The van der Waals surface area contributed by atoms with Crippen LogP contribution >= 0.6 is 0 Å². The molecule has 1 aromatic carbocycles. The largest absolute Gasteiger partial charge is 0.508 e. The zero-order valence-electron chi connectivity index (χ0n) is 10.8. The van der Waals surface area contributed by atoms with Crippen LogP contribution in [0, 0.1) is 0 Å². The van der Waals surface area contributed by atoms with Crippen LogP contribution in [0.1, 0.15) is 36.4 Å². The van der Waals surface area contributed by atoms with Crippen LogP contribution < -0.4 is 5.32 Å². The second kappa shape index (κ2) is 4.80. The molecule has 1 aliphatic heterocycles. The van der Waals surface area contributed by atoms with Crippen LogP contribution in [0.15, 0.2) is 18.2 Å². The number of hydrogen-bond donors (Lipinski definition) is 2. The van der Waals surface area contributed by atoms with Crippen molar-refractivity contribution in [1.29, 1.82) is 0 Å². The number of nitrogens with one attached hydrogen (secondary N) is 1. The molecule has 0 radical (unpaired) electrons. The van der Waals surface area contributed by atoms with Crippen molar-refractivity contribution in [3.05, 3.63) is 29.3 Å². The maximum absolute atomic E-state index is 11.7. The van der Waals surface area contributed by atoms with E-state index in [1.807, 2.05) is 12.1 Å². The van der Waals surface area contributed by atoms with Gasteiger partial charge in [0, 0.05) is 12.1 Å². The van der Waals surface area contributed by atoms with Crippen molar-refractivity contribution in [2.75, 3.05) is 11.5 Å². The third kappa shape index (κ3) is 2.62.